The second kappa shape index (κ2) is 5.37. The quantitative estimate of drug-likeness (QED) is 0.824. The summed E-state index contributed by atoms with van der Waals surface area (Å²) in [6.07, 6.45) is 6.58. The molecule has 0 bridgehead atoms. The fourth-order valence-corrected chi connectivity index (χ4v) is 2.50. The van der Waals surface area contributed by atoms with E-state index in [0.717, 1.165) is 44.7 Å². The number of carbonyl (C=O) groups is 1. The van der Waals surface area contributed by atoms with Crippen LogP contribution in [0.1, 0.15) is 45.4 Å². The van der Waals surface area contributed by atoms with Crippen molar-refractivity contribution in [2.24, 2.45) is 11.7 Å². The average molecular weight is 247 g/mol. The Kier molecular flexibility index (Phi) is 4.62. The largest absolute Gasteiger partial charge is 0.341 e. The van der Waals surface area contributed by atoms with Gasteiger partial charge in [-0.15, -0.1) is 12.4 Å². The van der Waals surface area contributed by atoms with Crippen molar-refractivity contribution in [1.82, 2.24) is 4.90 Å². The Balaban J connectivity index is 0.00000128. The third kappa shape index (κ3) is 2.89. The van der Waals surface area contributed by atoms with Gasteiger partial charge >= 0.3 is 0 Å². The van der Waals surface area contributed by atoms with E-state index in [9.17, 15) is 4.79 Å². The summed E-state index contributed by atoms with van der Waals surface area (Å²) in [4.78, 5) is 14.2. The minimum absolute atomic E-state index is 0. The molecule has 0 atom stereocenters. The molecule has 2 aliphatic carbocycles. The lowest BCUT2D eigenvalue weighted by molar-refractivity contribution is -0.136. The van der Waals surface area contributed by atoms with Gasteiger partial charge in [-0.2, -0.15) is 0 Å². The summed E-state index contributed by atoms with van der Waals surface area (Å²) in [5.41, 5.74) is 5.66. The highest BCUT2D eigenvalue weighted by atomic mass is 35.5. The number of halogens is 1. The van der Waals surface area contributed by atoms with Crippen molar-refractivity contribution in [1.29, 1.82) is 0 Å². The van der Waals surface area contributed by atoms with Gasteiger partial charge in [0.1, 0.15) is 0 Å². The van der Waals surface area contributed by atoms with Gasteiger partial charge in [0.25, 0.3) is 0 Å². The van der Waals surface area contributed by atoms with Crippen LogP contribution in [0.15, 0.2) is 0 Å². The van der Waals surface area contributed by atoms with Gasteiger partial charge in [-0.25, -0.2) is 0 Å². The van der Waals surface area contributed by atoms with Gasteiger partial charge in [-0.3, -0.25) is 4.79 Å². The van der Waals surface area contributed by atoms with Crippen molar-refractivity contribution in [3.05, 3.63) is 0 Å². The van der Waals surface area contributed by atoms with Crippen LogP contribution in [-0.2, 0) is 4.79 Å². The predicted molar refractivity (Wildman–Crippen MR) is 67.6 cm³/mol. The second-order valence-electron chi connectivity index (χ2n) is 5.15. The number of likely N-dealkylation sites (N-methyl/N-ethyl adjacent to an activating group) is 1. The first-order valence-electron chi connectivity index (χ1n) is 6.24. The third-order valence-corrected chi connectivity index (χ3v) is 3.77. The van der Waals surface area contributed by atoms with Gasteiger partial charge in [0.15, 0.2) is 0 Å². The molecule has 2 fully saturated rings. The van der Waals surface area contributed by atoms with Crippen LogP contribution in [0.25, 0.3) is 0 Å². The molecule has 0 spiro atoms. The standard InChI is InChI=1S/C12H22N2O.ClH/c1-2-14(9-10-5-6-10)11(15)12(13)7-3-4-8-12;/h10H,2-9,13H2,1H3;1H. The van der Waals surface area contributed by atoms with E-state index < -0.39 is 5.54 Å². The molecule has 0 aromatic heterocycles. The molecule has 0 aromatic carbocycles. The molecule has 0 radical (unpaired) electrons. The van der Waals surface area contributed by atoms with Crippen LogP contribution >= 0.6 is 12.4 Å². The summed E-state index contributed by atoms with van der Waals surface area (Å²) in [6, 6.07) is 0. The molecule has 0 heterocycles. The van der Waals surface area contributed by atoms with Gasteiger partial charge in [0.2, 0.25) is 5.91 Å². The van der Waals surface area contributed by atoms with E-state index in [4.69, 9.17) is 5.73 Å². The first kappa shape index (κ1) is 13.8. The second-order valence-corrected chi connectivity index (χ2v) is 5.15. The Morgan fingerprint density at radius 1 is 1.38 bits per heavy atom. The summed E-state index contributed by atoms with van der Waals surface area (Å²) in [6.45, 7) is 3.81. The molecule has 16 heavy (non-hydrogen) atoms. The Morgan fingerprint density at radius 2 is 1.94 bits per heavy atom. The molecule has 2 rings (SSSR count). The predicted octanol–water partition coefficient (Wildman–Crippen LogP) is 1.94. The number of carbonyl (C=O) groups excluding carboxylic acids is 1. The summed E-state index contributed by atoms with van der Waals surface area (Å²) in [5.74, 6) is 0.966. The molecule has 0 saturated heterocycles. The normalized spacial score (nSPS) is 22.6. The van der Waals surface area contributed by atoms with Gasteiger partial charge in [0, 0.05) is 13.1 Å². The fraction of sp³-hybridized carbons (Fsp3) is 0.917. The Hall–Kier alpha value is -0.280. The van der Waals surface area contributed by atoms with Gasteiger partial charge < -0.3 is 10.6 Å². The smallest absolute Gasteiger partial charge is 0.242 e. The number of amides is 1. The lowest BCUT2D eigenvalue weighted by Gasteiger charge is -2.30. The summed E-state index contributed by atoms with van der Waals surface area (Å²) < 4.78 is 0. The van der Waals surface area contributed by atoms with Gasteiger partial charge in [-0.05, 0) is 38.5 Å². The summed E-state index contributed by atoms with van der Waals surface area (Å²) in [5, 5.41) is 0. The SMILES string of the molecule is CCN(CC1CC1)C(=O)C1(N)CCCC1.Cl. The van der Waals surface area contributed by atoms with Gasteiger partial charge in [0.05, 0.1) is 5.54 Å². The van der Waals surface area contributed by atoms with Crippen molar-refractivity contribution in [2.45, 2.75) is 51.0 Å². The summed E-state index contributed by atoms with van der Waals surface area (Å²) >= 11 is 0. The molecule has 2 aliphatic rings. The van der Waals surface area contributed by atoms with Crippen molar-refractivity contribution < 1.29 is 4.79 Å². The van der Waals surface area contributed by atoms with Crippen LogP contribution in [0.5, 0.6) is 0 Å². The molecular formula is C12H23ClN2O. The molecule has 2 N–H and O–H groups in total. The number of hydrogen-bond donors (Lipinski definition) is 1. The highest BCUT2D eigenvalue weighted by Gasteiger charge is 2.40. The van der Waals surface area contributed by atoms with Crippen LogP contribution in [0.3, 0.4) is 0 Å². The third-order valence-electron chi connectivity index (χ3n) is 3.77. The van der Waals surface area contributed by atoms with Crippen LogP contribution in [0, 0.1) is 5.92 Å². The van der Waals surface area contributed by atoms with Crippen LogP contribution in [0.2, 0.25) is 0 Å². The molecule has 1 amide bonds. The molecule has 0 aliphatic heterocycles. The highest BCUT2D eigenvalue weighted by molar-refractivity contribution is 5.86. The van der Waals surface area contributed by atoms with Crippen LogP contribution in [-0.4, -0.2) is 29.4 Å². The number of nitrogens with zero attached hydrogens (tertiary/aromatic N) is 1. The van der Waals surface area contributed by atoms with E-state index in [1.54, 1.807) is 0 Å². The Labute approximate surface area is 104 Å². The molecular weight excluding hydrogens is 224 g/mol. The lowest BCUT2D eigenvalue weighted by atomic mass is 9.97. The van der Waals surface area contributed by atoms with Gasteiger partial charge in [-0.1, -0.05) is 12.8 Å². The Bertz CT molecular complexity index is 247. The molecule has 94 valence electrons. The molecule has 0 unspecified atom stereocenters. The zero-order valence-corrected chi connectivity index (χ0v) is 10.9. The average Bonchev–Trinajstić information content (AvgIpc) is 2.95. The Morgan fingerprint density at radius 3 is 2.38 bits per heavy atom. The van der Waals surface area contributed by atoms with Crippen molar-refractivity contribution in [2.75, 3.05) is 13.1 Å². The minimum Gasteiger partial charge on any atom is -0.341 e. The zero-order valence-electron chi connectivity index (χ0n) is 10.1. The van der Waals surface area contributed by atoms with E-state index in [1.165, 1.54) is 12.8 Å². The lowest BCUT2D eigenvalue weighted by Crippen LogP contribution is -2.54. The van der Waals surface area contributed by atoms with Crippen molar-refractivity contribution in [3.8, 4) is 0 Å². The highest BCUT2D eigenvalue weighted by Crippen LogP contribution is 2.33. The maximum atomic E-state index is 12.3. The number of hydrogen-bond acceptors (Lipinski definition) is 2. The molecule has 3 nitrogen and oxygen atoms in total. The molecule has 0 aromatic rings. The first-order chi connectivity index (χ1) is 7.15. The number of rotatable bonds is 4. The topological polar surface area (TPSA) is 46.3 Å². The van der Waals surface area contributed by atoms with Crippen molar-refractivity contribution >= 4 is 18.3 Å². The number of nitrogens with two attached hydrogens (primary N) is 1. The molecule has 2 saturated carbocycles. The zero-order chi connectivity index (χ0) is 10.9. The maximum Gasteiger partial charge on any atom is 0.242 e. The van der Waals surface area contributed by atoms with E-state index in [-0.39, 0.29) is 18.3 Å². The molecule has 4 heteroatoms. The van der Waals surface area contributed by atoms with Crippen LogP contribution < -0.4 is 5.73 Å². The van der Waals surface area contributed by atoms with E-state index in [0.29, 0.717) is 0 Å². The van der Waals surface area contributed by atoms with E-state index >= 15 is 0 Å². The minimum atomic E-state index is -0.523. The van der Waals surface area contributed by atoms with E-state index in [2.05, 4.69) is 6.92 Å². The summed E-state index contributed by atoms with van der Waals surface area (Å²) in [7, 11) is 0. The van der Waals surface area contributed by atoms with Crippen molar-refractivity contribution in [3.63, 3.8) is 0 Å². The van der Waals surface area contributed by atoms with E-state index in [1.807, 2.05) is 4.90 Å². The van der Waals surface area contributed by atoms with Crippen LogP contribution in [0.4, 0.5) is 0 Å². The monoisotopic (exact) mass is 246 g/mol. The first-order valence-corrected chi connectivity index (χ1v) is 6.24. The maximum absolute atomic E-state index is 12.3. The fourth-order valence-electron chi connectivity index (χ4n) is 2.50.